The summed E-state index contributed by atoms with van der Waals surface area (Å²) in [5.41, 5.74) is 5.13. The number of benzene rings is 2. The fraction of sp³-hybridized carbons (Fsp3) is 0.300. The molecule has 0 spiro atoms. The van der Waals surface area contributed by atoms with Crippen LogP contribution in [0.1, 0.15) is 28.4 Å². The lowest BCUT2D eigenvalue weighted by molar-refractivity contribution is 0.174. The van der Waals surface area contributed by atoms with Crippen LogP contribution in [0.3, 0.4) is 0 Å². The van der Waals surface area contributed by atoms with Crippen molar-refractivity contribution in [3.8, 4) is 0 Å². The zero-order chi connectivity index (χ0) is 17.2. The normalized spacial score (nSPS) is 17.4. The second-order valence-electron chi connectivity index (χ2n) is 6.65. The molecule has 1 aliphatic rings. The van der Waals surface area contributed by atoms with Gasteiger partial charge in [0.25, 0.3) is 0 Å². The number of nitrogens with zero attached hydrogens (tertiary/aromatic N) is 4. The Labute approximate surface area is 153 Å². The Balaban J connectivity index is 1.60. The third kappa shape index (κ3) is 3.60. The minimum Gasteiger partial charge on any atom is -0.291 e. The first-order chi connectivity index (χ1) is 12.2. The summed E-state index contributed by atoms with van der Waals surface area (Å²) >= 11 is 6.21. The summed E-state index contributed by atoms with van der Waals surface area (Å²) in [4.78, 5) is 2.53. The average molecular weight is 353 g/mol. The molecule has 2 aromatic carbocycles. The highest BCUT2D eigenvalue weighted by Crippen LogP contribution is 2.34. The van der Waals surface area contributed by atoms with Gasteiger partial charge in [0.15, 0.2) is 0 Å². The highest BCUT2D eigenvalue weighted by atomic mass is 35.5. The number of aromatic nitrogens is 3. The monoisotopic (exact) mass is 352 g/mol. The van der Waals surface area contributed by atoms with Gasteiger partial charge in [-0.1, -0.05) is 53.2 Å². The molecule has 4 nitrogen and oxygen atoms in total. The van der Waals surface area contributed by atoms with Gasteiger partial charge in [0, 0.05) is 43.8 Å². The van der Waals surface area contributed by atoms with Crippen LogP contribution in [-0.2, 0) is 26.4 Å². The lowest BCUT2D eigenvalue weighted by Crippen LogP contribution is -2.35. The Morgan fingerprint density at radius 1 is 1.12 bits per heavy atom. The van der Waals surface area contributed by atoms with Gasteiger partial charge < -0.3 is 0 Å². The molecule has 1 atom stereocenters. The van der Waals surface area contributed by atoms with Crippen LogP contribution in [0.4, 0.5) is 0 Å². The van der Waals surface area contributed by atoms with E-state index in [1.54, 1.807) is 4.68 Å². The fourth-order valence-corrected chi connectivity index (χ4v) is 3.81. The number of aryl methyl sites for hydroxylation is 1. The lowest BCUT2D eigenvalue weighted by Gasteiger charge is -2.37. The molecule has 0 aliphatic carbocycles. The van der Waals surface area contributed by atoms with Crippen LogP contribution in [0.2, 0.25) is 5.02 Å². The number of fused-ring (bicyclic) bond motifs is 1. The molecule has 4 rings (SSSR count). The zero-order valence-electron chi connectivity index (χ0n) is 14.3. The first-order valence-corrected chi connectivity index (χ1v) is 8.98. The van der Waals surface area contributed by atoms with E-state index in [0.29, 0.717) is 6.04 Å². The van der Waals surface area contributed by atoms with Crippen molar-refractivity contribution in [1.29, 1.82) is 0 Å². The van der Waals surface area contributed by atoms with Crippen LogP contribution in [0.5, 0.6) is 0 Å². The Kier molecular flexibility index (Phi) is 4.55. The van der Waals surface area contributed by atoms with Gasteiger partial charge in [-0.15, -0.1) is 5.10 Å². The molecule has 128 valence electrons. The van der Waals surface area contributed by atoms with Gasteiger partial charge in [-0.3, -0.25) is 9.58 Å². The summed E-state index contributed by atoms with van der Waals surface area (Å²) in [5.74, 6) is 0. The molecule has 1 unspecified atom stereocenters. The van der Waals surface area contributed by atoms with Crippen molar-refractivity contribution in [2.24, 2.45) is 7.05 Å². The molecule has 5 heteroatoms. The van der Waals surface area contributed by atoms with Gasteiger partial charge >= 0.3 is 0 Å². The molecule has 0 radical (unpaired) electrons. The molecule has 0 saturated heterocycles. The SMILES string of the molecule is Cn1cc(CCN2Cc3cc(Cl)ccc3CC2c2ccccc2)nn1. The summed E-state index contributed by atoms with van der Waals surface area (Å²) in [6.45, 7) is 1.86. The van der Waals surface area contributed by atoms with Gasteiger partial charge in [0.2, 0.25) is 0 Å². The maximum atomic E-state index is 6.21. The fourth-order valence-electron chi connectivity index (χ4n) is 3.61. The van der Waals surface area contributed by atoms with Crippen LogP contribution in [0.25, 0.3) is 0 Å². The van der Waals surface area contributed by atoms with Gasteiger partial charge in [-0.2, -0.15) is 0 Å². The number of halogens is 1. The summed E-state index contributed by atoms with van der Waals surface area (Å²) < 4.78 is 1.76. The molecule has 25 heavy (non-hydrogen) atoms. The summed E-state index contributed by atoms with van der Waals surface area (Å²) in [7, 11) is 1.91. The van der Waals surface area contributed by atoms with Crippen molar-refractivity contribution in [1.82, 2.24) is 19.9 Å². The molecule has 0 amide bonds. The van der Waals surface area contributed by atoms with E-state index < -0.39 is 0 Å². The molecule has 0 saturated carbocycles. The van der Waals surface area contributed by atoms with Gasteiger partial charge in [0.05, 0.1) is 5.69 Å². The molecule has 3 aromatic rings. The van der Waals surface area contributed by atoms with Crippen molar-refractivity contribution in [2.45, 2.75) is 25.4 Å². The van der Waals surface area contributed by atoms with Crippen molar-refractivity contribution in [2.75, 3.05) is 6.54 Å². The molecule has 0 bridgehead atoms. The van der Waals surface area contributed by atoms with E-state index >= 15 is 0 Å². The minimum atomic E-state index is 0.381. The Morgan fingerprint density at radius 2 is 1.96 bits per heavy atom. The van der Waals surface area contributed by atoms with E-state index in [9.17, 15) is 0 Å². The third-order valence-electron chi connectivity index (χ3n) is 4.89. The molecule has 0 fully saturated rings. The van der Waals surface area contributed by atoms with Crippen LogP contribution in [0.15, 0.2) is 54.7 Å². The Morgan fingerprint density at radius 3 is 2.72 bits per heavy atom. The van der Waals surface area contributed by atoms with E-state index in [4.69, 9.17) is 11.6 Å². The van der Waals surface area contributed by atoms with Crippen LogP contribution >= 0.6 is 11.6 Å². The average Bonchev–Trinajstić information content (AvgIpc) is 3.05. The molecular weight excluding hydrogens is 332 g/mol. The smallest absolute Gasteiger partial charge is 0.0839 e. The summed E-state index contributed by atoms with van der Waals surface area (Å²) in [6.07, 6.45) is 3.90. The van der Waals surface area contributed by atoms with Crippen molar-refractivity contribution >= 4 is 11.6 Å². The van der Waals surface area contributed by atoms with E-state index in [1.165, 1.54) is 16.7 Å². The topological polar surface area (TPSA) is 34.0 Å². The maximum absolute atomic E-state index is 6.21. The van der Waals surface area contributed by atoms with Crippen LogP contribution < -0.4 is 0 Å². The van der Waals surface area contributed by atoms with Crippen LogP contribution in [0, 0.1) is 0 Å². The Bertz CT molecular complexity index is 859. The number of hydrogen-bond donors (Lipinski definition) is 0. The van der Waals surface area contributed by atoms with Crippen molar-refractivity contribution in [3.05, 3.63) is 82.1 Å². The molecule has 1 aliphatic heterocycles. The van der Waals surface area contributed by atoms with E-state index in [0.717, 1.165) is 36.6 Å². The third-order valence-corrected chi connectivity index (χ3v) is 5.12. The first kappa shape index (κ1) is 16.3. The number of rotatable bonds is 4. The molecule has 1 aromatic heterocycles. The highest BCUT2D eigenvalue weighted by Gasteiger charge is 2.27. The molecule has 0 N–H and O–H groups in total. The van der Waals surface area contributed by atoms with Crippen molar-refractivity contribution < 1.29 is 0 Å². The van der Waals surface area contributed by atoms with E-state index in [1.807, 2.05) is 19.3 Å². The molecular formula is C20H21ClN4. The van der Waals surface area contributed by atoms with Gasteiger partial charge in [-0.05, 0) is 35.2 Å². The van der Waals surface area contributed by atoms with Crippen molar-refractivity contribution in [3.63, 3.8) is 0 Å². The Hall–Kier alpha value is -2.17. The molecule has 2 heterocycles. The summed E-state index contributed by atoms with van der Waals surface area (Å²) in [6, 6.07) is 17.4. The van der Waals surface area contributed by atoms with Gasteiger partial charge in [0.1, 0.15) is 0 Å². The first-order valence-electron chi connectivity index (χ1n) is 8.60. The second-order valence-corrected chi connectivity index (χ2v) is 7.08. The number of hydrogen-bond acceptors (Lipinski definition) is 3. The minimum absolute atomic E-state index is 0.381. The highest BCUT2D eigenvalue weighted by molar-refractivity contribution is 6.30. The van der Waals surface area contributed by atoms with Gasteiger partial charge in [-0.25, -0.2) is 0 Å². The lowest BCUT2D eigenvalue weighted by atomic mass is 9.89. The predicted molar refractivity (Wildman–Crippen MR) is 99.5 cm³/mol. The second kappa shape index (κ2) is 6.98. The van der Waals surface area contributed by atoms with E-state index in [-0.39, 0.29) is 0 Å². The zero-order valence-corrected chi connectivity index (χ0v) is 15.0. The largest absolute Gasteiger partial charge is 0.291 e. The predicted octanol–water partition coefficient (Wildman–Crippen LogP) is 3.81. The standard InChI is InChI=1S/C20H21ClN4/c1-24-14-19(22-23-24)9-10-25-13-17-11-18(21)8-7-16(17)12-20(25)15-5-3-2-4-6-15/h2-8,11,14,20H,9-10,12-13H2,1H3. The summed E-state index contributed by atoms with van der Waals surface area (Å²) in [5, 5.41) is 9.07. The maximum Gasteiger partial charge on any atom is 0.0839 e. The van der Waals surface area contributed by atoms with Crippen LogP contribution in [-0.4, -0.2) is 26.4 Å². The van der Waals surface area contributed by atoms with E-state index in [2.05, 4.69) is 57.7 Å². The quantitative estimate of drug-likeness (QED) is 0.716.